The molecule has 0 saturated carbocycles. The number of nitrogens with two attached hydrogens (primary N) is 2. The van der Waals surface area contributed by atoms with E-state index in [4.69, 9.17) is 25.7 Å². The number of ether oxygens (including phenoxy) is 3. The summed E-state index contributed by atoms with van der Waals surface area (Å²) in [7, 11) is 0. The molecule has 6 unspecified atom stereocenters. The molecule has 0 bridgehead atoms. The van der Waals surface area contributed by atoms with Gasteiger partial charge in [-0.2, -0.15) is 0 Å². The Balaban J connectivity index is 2.09. The summed E-state index contributed by atoms with van der Waals surface area (Å²) in [6, 6.07) is 0. The highest BCUT2D eigenvalue weighted by Gasteiger charge is 2.47. The van der Waals surface area contributed by atoms with E-state index < -0.39 is 55.1 Å². The summed E-state index contributed by atoms with van der Waals surface area (Å²) in [5.74, 6) is 0. The fourth-order valence-corrected chi connectivity index (χ4v) is 2.60. The van der Waals surface area contributed by atoms with Crippen molar-refractivity contribution in [3.8, 4) is 0 Å². The monoisotopic (exact) mass is 324 g/mol. The largest absolute Gasteiger partial charge is 0.388 e. The molecule has 0 aromatic carbocycles. The quantitative estimate of drug-likeness (QED) is 0.265. The van der Waals surface area contributed by atoms with Gasteiger partial charge >= 0.3 is 0 Å². The number of hydrogen-bond acceptors (Lipinski definition) is 10. The van der Waals surface area contributed by atoms with E-state index in [2.05, 4.69) is 0 Å². The second kappa shape index (κ2) is 7.45. The smallest absolute Gasteiger partial charge is 0.187 e. The molecular formula is C12H24N2O8. The summed E-state index contributed by atoms with van der Waals surface area (Å²) < 4.78 is 16.0. The van der Waals surface area contributed by atoms with Gasteiger partial charge in [-0.3, -0.25) is 0 Å². The Morgan fingerprint density at radius 1 is 0.864 bits per heavy atom. The van der Waals surface area contributed by atoms with Crippen molar-refractivity contribution in [2.24, 2.45) is 11.5 Å². The third-order valence-corrected chi connectivity index (χ3v) is 4.00. The number of aliphatic hydroxyl groups excluding tert-OH is 5. The zero-order valence-corrected chi connectivity index (χ0v) is 11.9. The van der Waals surface area contributed by atoms with E-state index in [1.807, 2.05) is 0 Å². The first-order valence-electron chi connectivity index (χ1n) is 7.13. The maximum Gasteiger partial charge on any atom is 0.187 e. The number of aliphatic hydroxyl groups is 5. The Morgan fingerprint density at radius 3 is 2.09 bits per heavy atom. The molecule has 0 radical (unpaired) electrons. The lowest BCUT2D eigenvalue weighted by Crippen LogP contribution is -2.63. The average Bonchev–Trinajstić information content (AvgIpc) is 2.52. The summed E-state index contributed by atoms with van der Waals surface area (Å²) in [6.45, 7) is -0.177. The second-order valence-corrected chi connectivity index (χ2v) is 5.52. The number of rotatable bonds is 4. The van der Waals surface area contributed by atoms with E-state index in [1.54, 1.807) is 0 Å². The molecule has 0 aromatic rings. The maximum absolute atomic E-state index is 10.0. The van der Waals surface area contributed by atoms with Crippen molar-refractivity contribution < 1.29 is 39.7 Å². The van der Waals surface area contributed by atoms with Crippen LogP contribution in [0.2, 0.25) is 0 Å². The van der Waals surface area contributed by atoms with Crippen LogP contribution >= 0.6 is 0 Å². The standard InChI is InChI=1S/C12H24N2O8/c13-1-5-8(17)9(18)10(19)12(21-5)22-11-6(2-14)20-3-4(15)7(11)16/h4-12,15-19H,1-3,13-14H2/t4?,5?,6?,7?,8-,9?,10?,11-,12-/m0/s1. The molecule has 9 N–H and O–H groups in total. The molecule has 2 saturated heterocycles. The highest BCUT2D eigenvalue weighted by Crippen LogP contribution is 2.26. The zero-order valence-electron chi connectivity index (χ0n) is 11.9. The van der Waals surface area contributed by atoms with E-state index in [0.29, 0.717) is 0 Å². The molecule has 0 aliphatic carbocycles. The molecular weight excluding hydrogens is 300 g/mol. The molecule has 2 aliphatic rings. The van der Waals surface area contributed by atoms with E-state index in [9.17, 15) is 25.5 Å². The van der Waals surface area contributed by atoms with Crippen LogP contribution in [0.15, 0.2) is 0 Å². The molecule has 10 nitrogen and oxygen atoms in total. The Hall–Kier alpha value is -0.400. The normalized spacial score (nSPS) is 50.0. The minimum atomic E-state index is -1.55. The minimum absolute atomic E-state index is 0.0166. The number of hydrogen-bond donors (Lipinski definition) is 7. The fraction of sp³-hybridized carbons (Fsp3) is 1.00. The van der Waals surface area contributed by atoms with Crippen LogP contribution in [0.4, 0.5) is 0 Å². The Morgan fingerprint density at radius 2 is 1.50 bits per heavy atom. The topological polar surface area (TPSA) is 181 Å². The first-order valence-corrected chi connectivity index (χ1v) is 7.13. The van der Waals surface area contributed by atoms with Crippen molar-refractivity contribution in [1.29, 1.82) is 0 Å². The van der Waals surface area contributed by atoms with Crippen LogP contribution < -0.4 is 11.5 Å². The highest BCUT2D eigenvalue weighted by molar-refractivity contribution is 4.93. The highest BCUT2D eigenvalue weighted by atomic mass is 16.7. The van der Waals surface area contributed by atoms with Crippen LogP contribution in [-0.4, -0.2) is 100 Å². The summed E-state index contributed by atoms with van der Waals surface area (Å²) in [4.78, 5) is 0. The molecule has 22 heavy (non-hydrogen) atoms. The van der Waals surface area contributed by atoms with E-state index >= 15 is 0 Å². The van der Waals surface area contributed by atoms with Crippen LogP contribution in [0.25, 0.3) is 0 Å². The van der Waals surface area contributed by atoms with E-state index in [0.717, 1.165) is 0 Å². The first-order chi connectivity index (χ1) is 10.4. The van der Waals surface area contributed by atoms with Gasteiger partial charge in [-0.15, -0.1) is 0 Å². The average molecular weight is 324 g/mol. The lowest BCUT2D eigenvalue weighted by atomic mass is 9.97. The van der Waals surface area contributed by atoms with Gasteiger partial charge in [0.2, 0.25) is 0 Å². The van der Waals surface area contributed by atoms with Crippen LogP contribution in [0.5, 0.6) is 0 Å². The fourth-order valence-electron chi connectivity index (χ4n) is 2.60. The molecule has 2 rings (SSSR count). The Bertz CT molecular complexity index is 358. The van der Waals surface area contributed by atoms with E-state index in [1.165, 1.54) is 0 Å². The summed E-state index contributed by atoms with van der Waals surface area (Å²) in [6.07, 6.45) is -11.0. The molecule has 2 aliphatic heterocycles. The molecule has 2 fully saturated rings. The predicted octanol–water partition coefficient (Wildman–Crippen LogP) is -4.78. The summed E-state index contributed by atoms with van der Waals surface area (Å²) >= 11 is 0. The van der Waals surface area contributed by atoms with Gasteiger partial charge in [-0.05, 0) is 0 Å². The van der Waals surface area contributed by atoms with E-state index in [-0.39, 0.29) is 19.7 Å². The molecule has 10 heteroatoms. The van der Waals surface area contributed by atoms with Crippen molar-refractivity contribution in [3.05, 3.63) is 0 Å². The SMILES string of the molecule is NCC1O[C@@H](O[C@H]2C(CN)OCC(O)C2O)C(O)C(O)[C@H]1O. The van der Waals surface area contributed by atoms with Crippen LogP contribution in [0, 0.1) is 0 Å². The third-order valence-electron chi connectivity index (χ3n) is 4.00. The molecule has 2 heterocycles. The van der Waals surface area contributed by atoms with Crippen molar-refractivity contribution in [2.75, 3.05) is 19.7 Å². The van der Waals surface area contributed by atoms with Gasteiger partial charge in [0.15, 0.2) is 6.29 Å². The van der Waals surface area contributed by atoms with Crippen molar-refractivity contribution >= 4 is 0 Å². The van der Waals surface area contributed by atoms with Crippen molar-refractivity contribution in [3.63, 3.8) is 0 Å². The lowest BCUT2D eigenvalue weighted by Gasteiger charge is -2.44. The third kappa shape index (κ3) is 3.41. The molecule has 0 spiro atoms. The Labute approximate surface area is 127 Å². The summed E-state index contributed by atoms with van der Waals surface area (Å²) in [5.41, 5.74) is 11.0. The molecule has 9 atom stereocenters. The van der Waals surface area contributed by atoms with Gasteiger partial charge < -0.3 is 51.2 Å². The predicted molar refractivity (Wildman–Crippen MR) is 71.4 cm³/mol. The zero-order chi connectivity index (χ0) is 16.4. The minimum Gasteiger partial charge on any atom is -0.388 e. The van der Waals surface area contributed by atoms with Crippen LogP contribution in [0.3, 0.4) is 0 Å². The second-order valence-electron chi connectivity index (χ2n) is 5.52. The van der Waals surface area contributed by atoms with Gasteiger partial charge in [0.25, 0.3) is 0 Å². The maximum atomic E-state index is 10.0. The van der Waals surface area contributed by atoms with Crippen LogP contribution in [0.1, 0.15) is 0 Å². The molecule has 0 aromatic heterocycles. The van der Waals surface area contributed by atoms with Crippen molar-refractivity contribution in [2.45, 2.75) is 55.1 Å². The Kier molecular flexibility index (Phi) is 6.07. The molecule has 130 valence electrons. The van der Waals surface area contributed by atoms with Crippen LogP contribution in [-0.2, 0) is 14.2 Å². The lowest BCUT2D eigenvalue weighted by molar-refractivity contribution is -0.330. The van der Waals surface area contributed by atoms with Gasteiger partial charge in [-0.1, -0.05) is 0 Å². The van der Waals surface area contributed by atoms with Crippen molar-refractivity contribution in [1.82, 2.24) is 0 Å². The van der Waals surface area contributed by atoms with Gasteiger partial charge in [-0.25, -0.2) is 0 Å². The van der Waals surface area contributed by atoms with Gasteiger partial charge in [0.1, 0.15) is 42.7 Å². The summed E-state index contributed by atoms with van der Waals surface area (Å²) in [5, 5.41) is 49.1. The molecule has 0 amide bonds. The van der Waals surface area contributed by atoms with Gasteiger partial charge in [0.05, 0.1) is 12.7 Å². The van der Waals surface area contributed by atoms with Gasteiger partial charge in [0, 0.05) is 13.1 Å². The first kappa shape index (κ1) is 17.9.